The molecule has 1 unspecified atom stereocenters. The third kappa shape index (κ3) is 1.79. The first-order valence-corrected chi connectivity index (χ1v) is 9.46. The van der Waals surface area contributed by atoms with Crippen molar-refractivity contribution in [2.75, 3.05) is 6.26 Å². The molecule has 0 saturated heterocycles. The molecule has 2 heterocycles. The number of carbonyl (C=O) groups excluding carboxylic acids is 1. The molecule has 0 radical (unpaired) electrons. The summed E-state index contributed by atoms with van der Waals surface area (Å²) in [5.74, 6) is 0.849. The second-order valence-corrected chi connectivity index (χ2v) is 8.67. The van der Waals surface area contributed by atoms with Crippen molar-refractivity contribution >= 4 is 22.0 Å². The fraction of sp³-hybridized carbons (Fsp3) is 0.714. The summed E-state index contributed by atoms with van der Waals surface area (Å²) in [5, 5.41) is 3.01. The second-order valence-electron chi connectivity index (χ2n) is 6.56. The summed E-state index contributed by atoms with van der Waals surface area (Å²) in [6, 6.07) is 0.210. The minimum atomic E-state index is -3.33. The van der Waals surface area contributed by atoms with E-state index in [1.165, 1.54) is 0 Å². The van der Waals surface area contributed by atoms with Gasteiger partial charge in [0, 0.05) is 24.1 Å². The Bertz CT molecular complexity index is 670. The minimum Gasteiger partial charge on any atom is -0.337 e. The predicted octanol–water partition coefficient (Wildman–Crippen LogP) is 0.765. The van der Waals surface area contributed by atoms with Crippen molar-refractivity contribution in [1.82, 2.24) is 10.2 Å². The highest BCUT2D eigenvalue weighted by Gasteiger charge is 2.62. The topological polar surface area (TPSA) is 78.8 Å². The van der Waals surface area contributed by atoms with Gasteiger partial charge >= 0.3 is 0 Å². The van der Waals surface area contributed by atoms with Gasteiger partial charge in [-0.15, -0.1) is 0 Å². The number of hydrogen-bond donors (Lipinski definition) is 1. The molecule has 0 bridgehead atoms. The van der Waals surface area contributed by atoms with Gasteiger partial charge < -0.3 is 5.32 Å². The van der Waals surface area contributed by atoms with Gasteiger partial charge in [0.05, 0.1) is 5.41 Å². The molecule has 0 aromatic carbocycles. The number of aliphatic imine (C=N–C) groups is 1. The highest BCUT2D eigenvalue weighted by Crippen LogP contribution is 2.58. The maximum atomic E-state index is 12.8. The van der Waals surface area contributed by atoms with Crippen LogP contribution in [0.25, 0.3) is 0 Å². The van der Waals surface area contributed by atoms with E-state index < -0.39 is 20.8 Å². The molecular weight excluding hydrogens is 290 g/mol. The van der Waals surface area contributed by atoms with Crippen LogP contribution in [0.5, 0.6) is 0 Å². The molecule has 4 aliphatic rings. The third-order valence-corrected chi connectivity index (χ3v) is 6.14. The summed E-state index contributed by atoms with van der Waals surface area (Å²) in [7, 11) is -3.33. The number of amides is 1. The van der Waals surface area contributed by atoms with Gasteiger partial charge in [0.1, 0.15) is 5.82 Å². The first-order valence-electron chi connectivity index (χ1n) is 7.50. The van der Waals surface area contributed by atoms with Crippen molar-refractivity contribution in [3.63, 3.8) is 0 Å². The monoisotopic (exact) mass is 309 g/mol. The van der Waals surface area contributed by atoms with Gasteiger partial charge in [0.15, 0.2) is 9.84 Å². The number of nitrogens with zero attached hydrogens (tertiary/aromatic N) is 2. The lowest BCUT2D eigenvalue weighted by atomic mass is 9.98. The van der Waals surface area contributed by atoms with E-state index in [0.717, 1.165) is 50.4 Å². The quantitative estimate of drug-likeness (QED) is 0.817. The smallest absolute Gasteiger partial charge is 0.239 e. The molecule has 1 N–H and O–H groups in total. The highest BCUT2D eigenvalue weighted by molar-refractivity contribution is 7.91. The normalized spacial score (nSPS) is 31.0. The Hall–Kier alpha value is -1.37. The average Bonchev–Trinajstić information content (AvgIpc) is 2.99. The Morgan fingerprint density at radius 3 is 2.57 bits per heavy atom. The number of sulfone groups is 1. The van der Waals surface area contributed by atoms with Crippen molar-refractivity contribution in [2.24, 2.45) is 10.4 Å². The van der Waals surface area contributed by atoms with Crippen LogP contribution < -0.4 is 5.32 Å². The fourth-order valence-corrected chi connectivity index (χ4v) is 4.38. The second kappa shape index (κ2) is 4.09. The molecule has 2 aliphatic heterocycles. The van der Waals surface area contributed by atoms with E-state index in [4.69, 9.17) is 0 Å². The van der Waals surface area contributed by atoms with E-state index in [-0.39, 0.29) is 11.9 Å². The van der Waals surface area contributed by atoms with Crippen molar-refractivity contribution in [2.45, 2.75) is 50.1 Å². The molecule has 0 aromatic rings. The Balaban J connectivity index is 1.74. The standard InChI is InChI=1S/C14H19N3O3S/c1-21(19,20)13-15-8-10-11(16-13)17(9-4-2-3-5-9)12(18)14(10)6-7-14/h8-9,13,16H,2-7H2,1H3. The molecule has 21 heavy (non-hydrogen) atoms. The summed E-state index contributed by atoms with van der Waals surface area (Å²) in [6.45, 7) is 0. The van der Waals surface area contributed by atoms with Gasteiger partial charge in [-0.2, -0.15) is 0 Å². The summed E-state index contributed by atoms with van der Waals surface area (Å²) in [4.78, 5) is 18.8. The maximum Gasteiger partial charge on any atom is 0.239 e. The summed E-state index contributed by atoms with van der Waals surface area (Å²) < 4.78 is 23.5. The van der Waals surface area contributed by atoms with Crippen LogP contribution in [0.2, 0.25) is 0 Å². The molecule has 114 valence electrons. The van der Waals surface area contributed by atoms with Gasteiger partial charge in [-0.1, -0.05) is 12.8 Å². The van der Waals surface area contributed by atoms with Crippen LogP contribution in [-0.2, 0) is 14.6 Å². The van der Waals surface area contributed by atoms with Gasteiger partial charge in [-0.3, -0.25) is 14.7 Å². The minimum absolute atomic E-state index is 0.146. The molecule has 1 atom stereocenters. The van der Waals surface area contributed by atoms with Crippen LogP contribution in [0.3, 0.4) is 0 Å². The van der Waals surface area contributed by atoms with Crippen molar-refractivity contribution in [3.8, 4) is 0 Å². The van der Waals surface area contributed by atoms with E-state index in [9.17, 15) is 13.2 Å². The van der Waals surface area contributed by atoms with Crippen LogP contribution >= 0.6 is 0 Å². The molecule has 7 heteroatoms. The summed E-state index contributed by atoms with van der Waals surface area (Å²) in [5.41, 5.74) is -0.474. The van der Waals surface area contributed by atoms with Gasteiger partial charge in [-0.25, -0.2) is 8.42 Å². The Morgan fingerprint density at radius 1 is 1.33 bits per heavy atom. The SMILES string of the molecule is CS(=O)(=O)C1N=CC2=C(N1)N(C1CCCC1)C(=O)C21CC1. The Labute approximate surface area is 124 Å². The Morgan fingerprint density at radius 2 is 2.00 bits per heavy atom. The molecule has 2 fully saturated rings. The van der Waals surface area contributed by atoms with E-state index in [0.29, 0.717) is 5.82 Å². The molecule has 1 amide bonds. The van der Waals surface area contributed by atoms with Crippen molar-refractivity contribution < 1.29 is 13.2 Å². The molecule has 0 aromatic heterocycles. The third-order valence-electron chi connectivity index (χ3n) is 5.08. The first-order chi connectivity index (χ1) is 9.93. The lowest BCUT2D eigenvalue weighted by molar-refractivity contribution is -0.133. The van der Waals surface area contributed by atoms with E-state index in [1.807, 2.05) is 4.90 Å². The number of rotatable bonds is 2. The van der Waals surface area contributed by atoms with Crippen molar-refractivity contribution in [3.05, 3.63) is 11.4 Å². The number of fused-ring (bicyclic) bond motifs is 1. The molecule has 4 rings (SSSR count). The van der Waals surface area contributed by atoms with Crippen LogP contribution in [0.4, 0.5) is 0 Å². The van der Waals surface area contributed by atoms with Gasteiger partial charge in [-0.05, 0) is 25.7 Å². The van der Waals surface area contributed by atoms with Crippen LogP contribution in [0.15, 0.2) is 16.4 Å². The molecule has 2 aliphatic carbocycles. The lowest BCUT2D eigenvalue weighted by Crippen LogP contribution is -2.45. The lowest BCUT2D eigenvalue weighted by Gasteiger charge is -2.30. The van der Waals surface area contributed by atoms with Crippen molar-refractivity contribution in [1.29, 1.82) is 0 Å². The zero-order valence-electron chi connectivity index (χ0n) is 12.0. The number of carbonyl (C=O) groups is 1. The molecule has 1 spiro atoms. The molecule has 2 saturated carbocycles. The largest absolute Gasteiger partial charge is 0.337 e. The maximum absolute atomic E-state index is 12.8. The zero-order valence-corrected chi connectivity index (χ0v) is 12.8. The van der Waals surface area contributed by atoms with Gasteiger partial charge in [0.25, 0.3) is 0 Å². The van der Waals surface area contributed by atoms with Crippen LogP contribution in [0.1, 0.15) is 38.5 Å². The fourth-order valence-electron chi connectivity index (χ4n) is 3.77. The Kier molecular flexibility index (Phi) is 2.59. The van der Waals surface area contributed by atoms with E-state index in [2.05, 4.69) is 10.3 Å². The zero-order chi connectivity index (χ0) is 14.8. The van der Waals surface area contributed by atoms with Crippen LogP contribution in [0, 0.1) is 5.41 Å². The van der Waals surface area contributed by atoms with E-state index >= 15 is 0 Å². The number of nitrogens with one attached hydrogen (secondary N) is 1. The number of hydrogen-bond acceptors (Lipinski definition) is 5. The average molecular weight is 309 g/mol. The highest BCUT2D eigenvalue weighted by atomic mass is 32.2. The predicted molar refractivity (Wildman–Crippen MR) is 78.1 cm³/mol. The molecule has 6 nitrogen and oxygen atoms in total. The summed E-state index contributed by atoms with van der Waals surface area (Å²) in [6.07, 6.45) is 8.76. The van der Waals surface area contributed by atoms with E-state index in [1.54, 1.807) is 6.21 Å². The summed E-state index contributed by atoms with van der Waals surface area (Å²) >= 11 is 0. The van der Waals surface area contributed by atoms with Crippen LogP contribution in [-0.4, -0.2) is 43.2 Å². The molecular formula is C14H19N3O3S. The van der Waals surface area contributed by atoms with Gasteiger partial charge in [0.2, 0.25) is 11.4 Å². The first kappa shape index (κ1) is 13.3.